The van der Waals surface area contributed by atoms with Gasteiger partial charge in [-0.05, 0) is 60.3 Å². The maximum atomic E-state index is 12.7. The summed E-state index contributed by atoms with van der Waals surface area (Å²) in [5.74, 6) is 0.542. The molecule has 0 unspecified atom stereocenters. The van der Waals surface area contributed by atoms with Gasteiger partial charge in [0, 0.05) is 6.04 Å². The molecular formula is C22H27NO4S. The number of hydrogen-bond acceptors (Lipinski definition) is 4. The summed E-state index contributed by atoms with van der Waals surface area (Å²) in [6.07, 6.45) is 3.33. The molecule has 2 bridgehead atoms. The van der Waals surface area contributed by atoms with Crippen molar-refractivity contribution < 1.29 is 17.6 Å². The Balaban J connectivity index is 1.46. The molecule has 4 rings (SSSR count). The number of hydrogen-bond donors (Lipinski definition) is 1. The number of carbonyl (C=O) groups is 1. The van der Waals surface area contributed by atoms with Crippen LogP contribution in [-0.4, -0.2) is 20.4 Å². The molecule has 2 fully saturated rings. The van der Waals surface area contributed by atoms with Crippen LogP contribution in [0.4, 0.5) is 0 Å². The first-order valence-electron chi connectivity index (χ1n) is 9.81. The van der Waals surface area contributed by atoms with Crippen LogP contribution in [0.25, 0.3) is 0 Å². The number of furan rings is 1. The van der Waals surface area contributed by atoms with Crippen molar-refractivity contribution in [3.8, 4) is 0 Å². The van der Waals surface area contributed by atoms with Crippen molar-refractivity contribution >= 4 is 15.7 Å². The number of benzene rings is 1. The Morgan fingerprint density at radius 1 is 1.14 bits per heavy atom. The van der Waals surface area contributed by atoms with E-state index < -0.39 is 9.84 Å². The maximum absolute atomic E-state index is 12.7. The smallest absolute Gasteiger partial charge is 0.287 e. The highest BCUT2D eigenvalue weighted by molar-refractivity contribution is 7.90. The van der Waals surface area contributed by atoms with Crippen molar-refractivity contribution in [1.29, 1.82) is 0 Å². The van der Waals surface area contributed by atoms with Gasteiger partial charge >= 0.3 is 0 Å². The summed E-state index contributed by atoms with van der Waals surface area (Å²) in [5, 5.41) is 3.15. The standard InChI is InChI=1S/C22H27NO4S/c1-21(2)15-11-12-22(21,3)19(13-15)23-20(24)18-10-9-16(27-18)14-28(25,26)17-7-5-4-6-8-17/h4-10,15,19H,11-14H2,1-3H3,(H,23,24)/t15-,19+,22-/m0/s1. The van der Waals surface area contributed by atoms with Gasteiger partial charge in [0.2, 0.25) is 0 Å². The topological polar surface area (TPSA) is 76.4 Å². The van der Waals surface area contributed by atoms with Gasteiger partial charge in [0.05, 0.1) is 4.90 Å². The summed E-state index contributed by atoms with van der Waals surface area (Å²) in [7, 11) is -3.51. The zero-order valence-electron chi connectivity index (χ0n) is 16.6. The first kappa shape index (κ1) is 19.2. The number of sulfone groups is 1. The van der Waals surface area contributed by atoms with Crippen molar-refractivity contribution in [1.82, 2.24) is 5.32 Å². The Bertz CT molecular complexity index is 993. The van der Waals surface area contributed by atoms with Crippen molar-refractivity contribution in [3.63, 3.8) is 0 Å². The summed E-state index contributed by atoms with van der Waals surface area (Å²) < 4.78 is 30.6. The summed E-state index contributed by atoms with van der Waals surface area (Å²) in [4.78, 5) is 13.0. The van der Waals surface area contributed by atoms with Gasteiger partial charge < -0.3 is 9.73 Å². The SMILES string of the molecule is CC1(C)[C@H]2CC[C@@]1(C)[C@H](NC(=O)c1ccc(CS(=O)(=O)c3ccccc3)o1)C2. The molecule has 2 aromatic rings. The molecule has 1 aromatic heterocycles. The van der Waals surface area contributed by atoms with Gasteiger partial charge in [-0.25, -0.2) is 8.42 Å². The fourth-order valence-electron chi connectivity index (χ4n) is 5.13. The normalized spacial score (nSPS) is 28.4. The van der Waals surface area contributed by atoms with Crippen LogP contribution in [0.3, 0.4) is 0 Å². The van der Waals surface area contributed by atoms with E-state index in [1.54, 1.807) is 42.5 Å². The quantitative estimate of drug-likeness (QED) is 0.815. The summed E-state index contributed by atoms with van der Waals surface area (Å²) in [5.41, 5.74) is 0.294. The number of amides is 1. The third kappa shape index (κ3) is 2.98. The average molecular weight is 402 g/mol. The molecule has 28 heavy (non-hydrogen) atoms. The molecule has 150 valence electrons. The minimum atomic E-state index is -3.51. The molecule has 0 spiro atoms. The molecule has 1 amide bonds. The molecule has 3 atom stereocenters. The summed E-state index contributed by atoms with van der Waals surface area (Å²) in [6.45, 7) is 6.87. The van der Waals surface area contributed by atoms with E-state index in [1.807, 2.05) is 0 Å². The second-order valence-electron chi connectivity index (χ2n) is 8.97. The number of carbonyl (C=O) groups excluding carboxylic acids is 1. The van der Waals surface area contributed by atoms with Crippen LogP contribution in [0.1, 0.15) is 56.3 Å². The molecule has 2 aliphatic rings. The lowest BCUT2D eigenvalue weighted by Gasteiger charge is -2.39. The number of nitrogens with one attached hydrogen (secondary N) is 1. The number of fused-ring (bicyclic) bond motifs is 2. The first-order valence-corrected chi connectivity index (χ1v) is 11.5. The lowest BCUT2D eigenvalue weighted by molar-refractivity contribution is 0.0799. The van der Waals surface area contributed by atoms with E-state index in [1.165, 1.54) is 6.42 Å². The molecule has 0 radical (unpaired) electrons. The minimum Gasteiger partial charge on any atom is -0.455 e. The van der Waals surface area contributed by atoms with Gasteiger partial charge in [-0.2, -0.15) is 0 Å². The summed E-state index contributed by atoms with van der Waals surface area (Å²) >= 11 is 0. The van der Waals surface area contributed by atoms with Gasteiger partial charge in [0.25, 0.3) is 5.91 Å². The van der Waals surface area contributed by atoms with Gasteiger partial charge in [0.15, 0.2) is 15.6 Å². The van der Waals surface area contributed by atoms with Crippen LogP contribution >= 0.6 is 0 Å². The highest BCUT2D eigenvalue weighted by Crippen LogP contribution is 2.65. The van der Waals surface area contributed by atoms with Crippen LogP contribution in [0, 0.1) is 16.7 Å². The molecule has 2 aliphatic carbocycles. The van der Waals surface area contributed by atoms with Gasteiger partial charge in [0.1, 0.15) is 11.5 Å². The van der Waals surface area contributed by atoms with Gasteiger partial charge in [-0.3, -0.25) is 4.79 Å². The fourth-order valence-corrected chi connectivity index (χ4v) is 6.40. The van der Waals surface area contributed by atoms with Gasteiger partial charge in [-0.1, -0.05) is 39.0 Å². The molecule has 1 aromatic carbocycles. The van der Waals surface area contributed by atoms with Crippen LogP contribution in [0.2, 0.25) is 0 Å². The molecule has 1 heterocycles. The molecule has 6 heteroatoms. The predicted octanol–water partition coefficient (Wildman–Crippen LogP) is 4.20. The Labute approximate surface area is 166 Å². The third-order valence-corrected chi connectivity index (χ3v) is 9.07. The van der Waals surface area contributed by atoms with E-state index in [0.717, 1.165) is 12.8 Å². The Hall–Kier alpha value is -2.08. The van der Waals surface area contributed by atoms with Crippen molar-refractivity contribution in [2.75, 3.05) is 0 Å². The highest BCUT2D eigenvalue weighted by atomic mass is 32.2. The van der Waals surface area contributed by atoms with Crippen molar-refractivity contribution in [2.24, 2.45) is 16.7 Å². The van der Waals surface area contributed by atoms with E-state index in [4.69, 9.17) is 4.42 Å². The van der Waals surface area contributed by atoms with E-state index in [0.29, 0.717) is 5.92 Å². The van der Waals surface area contributed by atoms with E-state index in [2.05, 4.69) is 26.1 Å². The molecule has 0 aliphatic heterocycles. The zero-order chi connectivity index (χ0) is 20.2. The summed E-state index contributed by atoms with van der Waals surface area (Å²) in [6, 6.07) is 11.5. The zero-order valence-corrected chi connectivity index (χ0v) is 17.4. The van der Waals surface area contributed by atoms with Crippen LogP contribution in [0.5, 0.6) is 0 Å². The van der Waals surface area contributed by atoms with Crippen molar-refractivity contribution in [2.45, 2.75) is 56.7 Å². The maximum Gasteiger partial charge on any atom is 0.287 e. The largest absolute Gasteiger partial charge is 0.455 e. The fraction of sp³-hybridized carbons (Fsp3) is 0.500. The highest BCUT2D eigenvalue weighted by Gasteiger charge is 2.61. The van der Waals surface area contributed by atoms with E-state index in [9.17, 15) is 13.2 Å². The Kier molecular flexibility index (Phi) is 4.45. The number of rotatable bonds is 5. The van der Waals surface area contributed by atoms with Crippen LogP contribution in [0.15, 0.2) is 51.8 Å². The second-order valence-corrected chi connectivity index (χ2v) is 11.0. The predicted molar refractivity (Wildman–Crippen MR) is 107 cm³/mol. The Morgan fingerprint density at radius 3 is 2.46 bits per heavy atom. The molecule has 5 nitrogen and oxygen atoms in total. The minimum absolute atomic E-state index is 0.0827. The molecular weight excluding hydrogens is 374 g/mol. The van der Waals surface area contributed by atoms with Crippen molar-refractivity contribution in [3.05, 3.63) is 54.0 Å². The lowest BCUT2D eigenvalue weighted by atomic mass is 9.69. The average Bonchev–Trinajstić information content (AvgIpc) is 3.25. The molecule has 1 N–H and O–H groups in total. The Morgan fingerprint density at radius 2 is 1.86 bits per heavy atom. The molecule has 0 saturated heterocycles. The van der Waals surface area contributed by atoms with E-state index >= 15 is 0 Å². The van der Waals surface area contributed by atoms with Gasteiger partial charge in [-0.15, -0.1) is 0 Å². The third-order valence-electron chi connectivity index (χ3n) is 7.42. The van der Waals surface area contributed by atoms with Crippen LogP contribution in [-0.2, 0) is 15.6 Å². The second kappa shape index (κ2) is 6.48. The monoisotopic (exact) mass is 401 g/mol. The first-order chi connectivity index (χ1) is 13.1. The lowest BCUT2D eigenvalue weighted by Crippen LogP contribution is -2.46. The van der Waals surface area contributed by atoms with E-state index in [-0.39, 0.29) is 44.9 Å². The van der Waals surface area contributed by atoms with Crippen LogP contribution < -0.4 is 5.32 Å². The molecule has 2 saturated carbocycles.